The molecule has 0 amide bonds. The molecular formula is C8H16O2. The lowest BCUT2D eigenvalue weighted by Gasteiger charge is -2.09. The molecule has 1 atom stereocenters. The molecule has 0 saturated carbocycles. The van der Waals surface area contributed by atoms with Gasteiger partial charge in [-0.2, -0.15) is 0 Å². The van der Waals surface area contributed by atoms with Crippen molar-refractivity contribution >= 4 is 0 Å². The molecular weight excluding hydrogens is 128 g/mol. The second-order valence-corrected chi connectivity index (χ2v) is 1.94. The molecule has 2 heteroatoms. The zero-order valence-electron chi connectivity index (χ0n) is 6.96. The maximum atomic E-state index is 5.12. The van der Waals surface area contributed by atoms with Gasteiger partial charge in [0, 0.05) is 6.61 Å². The second kappa shape index (κ2) is 6.62. The Morgan fingerprint density at radius 2 is 2.10 bits per heavy atom. The van der Waals surface area contributed by atoms with Crippen LogP contribution in [-0.4, -0.2) is 12.9 Å². The van der Waals surface area contributed by atoms with Gasteiger partial charge in [0.25, 0.3) is 0 Å². The smallest absolute Gasteiger partial charge is 0.196 e. The molecule has 0 aromatic carbocycles. The summed E-state index contributed by atoms with van der Waals surface area (Å²) in [6.45, 7) is 6.58. The largest absolute Gasteiger partial charge is 0.473 e. The van der Waals surface area contributed by atoms with Crippen molar-refractivity contribution in [2.75, 3.05) is 6.61 Å². The minimum atomic E-state index is -0.118. The third kappa shape index (κ3) is 5.63. The molecule has 1 unspecified atom stereocenters. The van der Waals surface area contributed by atoms with E-state index in [4.69, 9.17) is 9.47 Å². The first-order chi connectivity index (χ1) is 4.81. The van der Waals surface area contributed by atoms with E-state index >= 15 is 0 Å². The Labute approximate surface area is 62.8 Å². The molecule has 0 aromatic heterocycles. The lowest BCUT2D eigenvalue weighted by Crippen LogP contribution is -2.08. The first-order valence-electron chi connectivity index (χ1n) is 3.73. The summed E-state index contributed by atoms with van der Waals surface area (Å²) in [6, 6.07) is 0. The van der Waals surface area contributed by atoms with Crippen molar-refractivity contribution in [3.8, 4) is 0 Å². The summed E-state index contributed by atoms with van der Waals surface area (Å²) in [5.74, 6) is 0. The van der Waals surface area contributed by atoms with E-state index < -0.39 is 0 Å². The Morgan fingerprint density at radius 1 is 1.40 bits per heavy atom. The van der Waals surface area contributed by atoms with E-state index in [0.717, 1.165) is 6.42 Å². The van der Waals surface area contributed by atoms with Gasteiger partial charge in [-0.1, -0.05) is 6.92 Å². The predicted octanol–water partition coefficient (Wildman–Crippen LogP) is 2.31. The maximum Gasteiger partial charge on any atom is 0.196 e. The zero-order valence-corrected chi connectivity index (χ0v) is 6.96. The highest BCUT2D eigenvalue weighted by Gasteiger charge is 1.94. The fraction of sp³-hybridized carbons (Fsp3) is 0.750. The molecule has 0 fully saturated rings. The second-order valence-electron chi connectivity index (χ2n) is 1.94. The number of ether oxygens (including phenoxy) is 2. The van der Waals surface area contributed by atoms with Gasteiger partial charge in [0.2, 0.25) is 0 Å². The van der Waals surface area contributed by atoms with Crippen LogP contribution in [0.2, 0.25) is 0 Å². The van der Waals surface area contributed by atoms with E-state index in [-0.39, 0.29) is 6.29 Å². The highest BCUT2D eigenvalue weighted by atomic mass is 16.7. The molecule has 0 saturated heterocycles. The number of hydrogen-bond donors (Lipinski definition) is 0. The Kier molecular flexibility index (Phi) is 6.29. The van der Waals surface area contributed by atoms with E-state index in [1.165, 1.54) is 0 Å². The van der Waals surface area contributed by atoms with Gasteiger partial charge in [-0.3, -0.25) is 0 Å². The van der Waals surface area contributed by atoms with Crippen LogP contribution in [0.3, 0.4) is 0 Å². The van der Waals surface area contributed by atoms with Gasteiger partial charge in [0.15, 0.2) is 6.29 Å². The van der Waals surface area contributed by atoms with Gasteiger partial charge in [-0.05, 0) is 26.3 Å². The summed E-state index contributed by atoms with van der Waals surface area (Å²) >= 11 is 0. The third-order valence-electron chi connectivity index (χ3n) is 1.00. The standard InChI is InChI=1S/C8H16O2/c1-4-6-7-10-8(3)9-5-2/h6-8H,4-5H2,1-3H3. The monoisotopic (exact) mass is 144 g/mol. The van der Waals surface area contributed by atoms with Crippen LogP contribution in [0.5, 0.6) is 0 Å². The summed E-state index contributed by atoms with van der Waals surface area (Å²) in [7, 11) is 0. The normalized spacial score (nSPS) is 13.9. The molecule has 0 radical (unpaired) electrons. The van der Waals surface area contributed by atoms with E-state index in [1.807, 2.05) is 19.9 Å². The van der Waals surface area contributed by atoms with Crippen LogP contribution >= 0.6 is 0 Å². The average Bonchev–Trinajstić information content (AvgIpc) is 1.89. The molecule has 2 nitrogen and oxygen atoms in total. The maximum absolute atomic E-state index is 5.12. The minimum Gasteiger partial charge on any atom is -0.473 e. The summed E-state index contributed by atoms with van der Waals surface area (Å²) in [6.07, 6.45) is 4.52. The molecule has 0 aliphatic heterocycles. The van der Waals surface area contributed by atoms with E-state index in [2.05, 4.69) is 6.92 Å². The van der Waals surface area contributed by atoms with Crippen LogP contribution in [0, 0.1) is 0 Å². The van der Waals surface area contributed by atoms with Crippen molar-refractivity contribution < 1.29 is 9.47 Å². The van der Waals surface area contributed by atoms with Crippen LogP contribution < -0.4 is 0 Å². The van der Waals surface area contributed by atoms with Crippen LogP contribution in [0.15, 0.2) is 12.3 Å². The lowest BCUT2D eigenvalue weighted by atomic mass is 10.5. The third-order valence-corrected chi connectivity index (χ3v) is 1.00. The van der Waals surface area contributed by atoms with Crippen molar-refractivity contribution in [1.82, 2.24) is 0 Å². The number of rotatable bonds is 5. The fourth-order valence-electron chi connectivity index (χ4n) is 0.536. The van der Waals surface area contributed by atoms with Crippen molar-refractivity contribution in [2.45, 2.75) is 33.5 Å². The lowest BCUT2D eigenvalue weighted by molar-refractivity contribution is -0.0883. The Hall–Kier alpha value is -0.500. The van der Waals surface area contributed by atoms with Crippen molar-refractivity contribution in [3.05, 3.63) is 12.3 Å². The van der Waals surface area contributed by atoms with Crippen LogP contribution in [0.25, 0.3) is 0 Å². The van der Waals surface area contributed by atoms with E-state index in [1.54, 1.807) is 6.26 Å². The highest BCUT2D eigenvalue weighted by molar-refractivity contribution is 4.70. The van der Waals surface area contributed by atoms with Crippen LogP contribution in [-0.2, 0) is 9.47 Å². The summed E-state index contributed by atoms with van der Waals surface area (Å²) < 4.78 is 10.2. The van der Waals surface area contributed by atoms with E-state index in [9.17, 15) is 0 Å². The van der Waals surface area contributed by atoms with Crippen molar-refractivity contribution in [3.63, 3.8) is 0 Å². The topological polar surface area (TPSA) is 18.5 Å². The molecule has 0 aliphatic rings. The molecule has 0 bridgehead atoms. The van der Waals surface area contributed by atoms with Crippen molar-refractivity contribution in [2.24, 2.45) is 0 Å². The molecule has 0 N–H and O–H groups in total. The molecule has 10 heavy (non-hydrogen) atoms. The summed E-state index contributed by atoms with van der Waals surface area (Å²) in [5, 5.41) is 0. The van der Waals surface area contributed by atoms with Gasteiger partial charge < -0.3 is 9.47 Å². The molecule has 0 heterocycles. The Balaban J connectivity index is 3.20. The Bertz CT molecular complexity index is 89.3. The molecule has 0 rings (SSSR count). The summed E-state index contributed by atoms with van der Waals surface area (Å²) in [5.41, 5.74) is 0. The quantitative estimate of drug-likeness (QED) is 0.435. The molecule has 0 aliphatic carbocycles. The predicted molar refractivity (Wildman–Crippen MR) is 41.6 cm³/mol. The van der Waals surface area contributed by atoms with Gasteiger partial charge >= 0.3 is 0 Å². The Morgan fingerprint density at radius 3 is 2.60 bits per heavy atom. The highest BCUT2D eigenvalue weighted by Crippen LogP contribution is 1.93. The van der Waals surface area contributed by atoms with Gasteiger partial charge in [-0.25, -0.2) is 0 Å². The van der Waals surface area contributed by atoms with E-state index in [0.29, 0.717) is 6.61 Å². The van der Waals surface area contributed by atoms with Crippen LogP contribution in [0.4, 0.5) is 0 Å². The first kappa shape index (κ1) is 9.50. The summed E-state index contributed by atoms with van der Waals surface area (Å²) in [4.78, 5) is 0. The van der Waals surface area contributed by atoms with Crippen LogP contribution in [0.1, 0.15) is 27.2 Å². The number of hydrogen-bond acceptors (Lipinski definition) is 2. The molecule has 0 aromatic rings. The van der Waals surface area contributed by atoms with Gasteiger partial charge in [0.1, 0.15) is 0 Å². The SMILES string of the molecule is CCC=COC(C)OCC. The average molecular weight is 144 g/mol. The molecule has 0 spiro atoms. The molecule has 60 valence electrons. The zero-order chi connectivity index (χ0) is 7.82. The first-order valence-corrected chi connectivity index (χ1v) is 3.73. The fourth-order valence-corrected chi connectivity index (χ4v) is 0.536. The van der Waals surface area contributed by atoms with Gasteiger partial charge in [0.05, 0.1) is 6.26 Å². The van der Waals surface area contributed by atoms with Gasteiger partial charge in [-0.15, -0.1) is 0 Å². The minimum absolute atomic E-state index is 0.118. The van der Waals surface area contributed by atoms with Crippen molar-refractivity contribution in [1.29, 1.82) is 0 Å². The number of allylic oxidation sites excluding steroid dienone is 1.